The number of hydrogen-bond acceptors (Lipinski definition) is 5. The number of nitrogens with zero attached hydrogens (tertiary/aromatic N) is 3. The van der Waals surface area contributed by atoms with Crippen molar-refractivity contribution in [1.82, 2.24) is 15.1 Å². The molecule has 1 saturated heterocycles. The number of piperazine rings is 1. The first-order valence-electron chi connectivity index (χ1n) is 14.1. The molecular weight excluding hydrogens is 492 g/mol. The third-order valence-corrected chi connectivity index (χ3v) is 9.17. The molecule has 202 valence electrons. The van der Waals surface area contributed by atoms with Crippen LogP contribution in [0.3, 0.4) is 0 Å². The van der Waals surface area contributed by atoms with E-state index in [0.717, 1.165) is 53.8 Å². The molecule has 1 N–H and O–H groups in total. The van der Waals surface area contributed by atoms with Crippen molar-refractivity contribution in [2.75, 3.05) is 51.2 Å². The lowest BCUT2D eigenvalue weighted by atomic mass is 9.94. The number of rotatable bonds is 7. The Balaban J connectivity index is 1.10. The molecule has 5 rings (SSSR count). The van der Waals surface area contributed by atoms with Gasteiger partial charge in [0.05, 0.1) is 10.6 Å². The lowest BCUT2D eigenvalue weighted by Crippen LogP contribution is -2.51. The average molecular weight is 533 g/mol. The zero-order chi connectivity index (χ0) is 26.5. The molecule has 0 aromatic heterocycles. The summed E-state index contributed by atoms with van der Waals surface area (Å²) in [6, 6.07) is 14.6. The van der Waals surface area contributed by atoms with Gasteiger partial charge < -0.3 is 15.1 Å². The van der Waals surface area contributed by atoms with Gasteiger partial charge in [-0.05, 0) is 62.6 Å². The number of hydrogen-bond donors (Lipinski definition) is 1. The molecule has 2 amide bonds. The van der Waals surface area contributed by atoms with E-state index in [4.69, 9.17) is 0 Å². The first kappa shape index (κ1) is 27.0. The van der Waals surface area contributed by atoms with E-state index in [2.05, 4.69) is 21.2 Å². The fourth-order valence-corrected chi connectivity index (χ4v) is 6.94. The molecular formula is C31H40N4O2S. The number of carbonyl (C=O) groups is 2. The van der Waals surface area contributed by atoms with Gasteiger partial charge in [-0.15, -0.1) is 0 Å². The molecule has 0 bridgehead atoms. The molecule has 38 heavy (non-hydrogen) atoms. The van der Waals surface area contributed by atoms with Crippen LogP contribution >= 0.6 is 11.8 Å². The second-order valence-electron chi connectivity index (χ2n) is 10.9. The molecule has 2 aliphatic heterocycles. The van der Waals surface area contributed by atoms with Gasteiger partial charge in [0.2, 0.25) is 0 Å². The Morgan fingerprint density at radius 1 is 1.05 bits per heavy atom. The third-order valence-electron chi connectivity index (χ3n) is 8.09. The van der Waals surface area contributed by atoms with Crippen molar-refractivity contribution in [3.8, 4) is 0 Å². The summed E-state index contributed by atoms with van der Waals surface area (Å²) in [6.45, 7) is 8.35. The van der Waals surface area contributed by atoms with Gasteiger partial charge in [0, 0.05) is 56.3 Å². The second-order valence-corrected chi connectivity index (χ2v) is 11.9. The Kier molecular flexibility index (Phi) is 8.87. The molecule has 2 aromatic rings. The lowest BCUT2D eigenvalue weighted by Gasteiger charge is -2.40. The largest absolute Gasteiger partial charge is 0.352 e. The van der Waals surface area contributed by atoms with Crippen LogP contribution in [0.1, 0.15) is 60.0 Å². The molecule has 6 nitrogen and oxygen atoms in total. The highest BCUT2D eigenvalue weighted by molar-refractivity contribution is 8.04. The van der Waals surface area contributed by atoms with Crippen LogP contribution in [0.15, 0.2) is 52.3 Å². The van der Waals surface area contributed by atoms with Gasteiger partial charge in [-0.3, -0.25) is 14.5 Å². The Bertz CT molecular complexity index is 1180. The van der Waals surface area contributed by atoms with Gasteiger partial charge >= 0.3 is 0 Å². The zero-order valence-corrected chi connectivity index (χ0v) is 23.6. The normalized spacial score (nSPS) is 20.5. The minimum atomic E-state index is -0.0816. The highest BCUT2D eigenvalue weighted by Gasteiger charge is 2.28. The van der Waals surface area contributed by atoms with Crippen LogP contribution in [0, 0.1) is 6.92 Å². The van der Waals surface area contributed by atoms with Gasteiger partial charge in [0.15, 0.2) is 0 Å². The summed E-state index contributed by atoms with van der Waals surface area (Å²) in [6.07, 6.45) is 9.84. The summed E-state index contributed by atoms with van der Waals surface area (Å²) >= 11 is 1.47. The van der Waals surface area contributed by atoms with Crippen LogP contribution < -0.4 is 10.2 Å². The molecule has 2 heterocycles. The molecule has 0 radical (unpaired) electrons. The highest BCUT2D eigenvalue weighted by Crippen LogP contribution is 2.42. The molecule has 0 atom stereocenters. The Hall–Kier alpha value is -2.61. The smallest absolute Gasteiger partial charge is 0.264 e. The standard InChI is InChI=1S/C31H40N4O2S/c1-23-8-6-9-24(20-23)21-29-31(37)33(2)27-22-25(12-13-28(27)38-29)30(36)32-14-7-15-34-16-18-35(19-17-34)26-10-4-3-5-11-26/h6,8-9,12-13,20-22,26H,3-5,7,10-11,14-19H2,1-2H3,(H,32,36). The van der Waals surface area contributed by atoms with Crippen LogP contribution in [0.5, 0.6) is 0 Å². The number of carbonyl (C=O) groups excluding carboxylic acids is 2. The minimum absolute atomic E-state index is 0.0508. The number of benzene rings is 2. The molecule has 1 saturated carbocycles. The maximum Gasteiger partial charge on any atom is 0.264 e. The predicted molar refractivity (Wildman–Crippen MR) is 157 cm³/mol. The van der Waals surface area contributed by atoms with E-state index in [9.17, 15) is 9.59 Å². The number of fused-ring (bicyclic) bond motifs is 1. The van der Waals surface area contributed by atoms with E-state index in [1.54, 1.807) is 11.9 Å². The number of nitrogens with one attached hydrogen (secondary N) is 1. The van der Waals surface area contributed by atoms with Crippen LogP contribution in [-0.2, 0) is 4.79 Å². The van der Waals surface area contributed by atoms with E-state index in [1.165, 1.54) is 57.0 Å². The molecule has 0 spiro atoms. The van der Waals surface area contributed by atoms with Gasteiger partial charge in [0.25, 0.3) is 11.8 Å². The van der Waals surface area contributed by atoms with Crippen molar-refractivity contribution in [1.29, 1.82) is 0 Å². The van der Waals surface area contributed by atoms with Crippen molar-refractivity contribution in [2.24, 2.45) is 0 Å². The Labute approximate surface area is 231 Å². The fraction of sp³-hybridized carbons (Fsp3) is 0.484. The molecule has 2 aromatic carbocycles. The Morgan fingerprint density at radius 3 is 2.61 bits per heavy atom. The summed E-state index contributed by atoms with van der Waals surface area (Å²) in [5, 5.41) is 3.08. The first-order valence-corrected chi connectivity index (χ1v) is 14.9. The van der Waals surface area contributed by atoms with Crippen molar-refractivity contribution in [3.05, 3.63) is 64.1 Å². The van der Waals surface area contributed by atoms with Gasteiger partial charge in [0.1, 0.15) is 0 Å². The number of aryl methyl sites for hydroxylation is 1. The van der Waals surface area contributed by atoms with Crippen LogP contribution in [0.4, 0.5) is 5.69 Å². The monoisotopic (exact) mass is 532 g/mol. The molecule has 7 heteroatoms. The van der Waals surface area contributed by atoms with Crippen molar-refractivity contribution >= 4 is 35.3 Å². The quantitative estimate of drug-likeness (QED) is 0.394. The predicted octanol–water partition coefficient (Wildman–Crippen LogP) is 5.17. The maximum absolute atomic E-state index is 13.1. The summed E-state index contributed by atoms with van der Waals surface area (Å²) in [4.78, 5) is 34.5. The summed E-state index contributed by atoms with van der Waals surface area (Å²) in [5.41, 5.74) is 3.55. The molecule has 0 unspecified atom stereocenters. The topological polar surface area (TPSA) is 55.9 Å². The number of anilines is 1. The number of amides is 2. The van der Waals surface area contributed by atoms with Crippen molar-refractivity contribution < 1.29 is 9.59 Å². The second kappa shape index (κ2) is 12.5. The van der Waals surface area contributed by atoms with Crippen molar-refractivity contribution in [2.45, 2.75) is 56.4 Å². The molecule has 2 fully saturated rings. The summed E-state index contributed by atoms with van der Waals surface area (Å²) in [5.74, 6) is -0.132. The summed E-state index contributed by atoms with van der Waals surface area (Å²) < 4.78 is 0. The minimum Gasteiger partial charge on any atom is -0.352 e. The number of thioether (sulfide) groups is 1. The van der Waals surface area contributed by atoms with Gasteiger partial charge in [-0.2, -0.15) is 0 Å². The third kappa shape index (κ3) is 6.50. The van der Waals surface area contributed by atoms with Crippen LogP contribution in [0.25, 0.3) is 6.08 Å². The lowest BCUT2D eigenvalue weighted by molar-refractivity contribution is -0.114. The van der Waals surface area contributed by atoms with Crippen LogP contribution in [0.2, 0.25) is 0 Å². The van der Waals surface area contributed by atoms with Crippen molar-refractivity contribution in [3.63, 3.8) is 0 Å². The van der Waals surface area contributed by atoms with Crippen LogP contribution in [-0.4, -0.2) is 74.0 Å². The SMILES string of the molecule is Cc1cccc(C=C2Sc3ccc(C(=O)NCCCN4CCN(C5CCCCC5)CC4)cc3N(C)C2=O)c1. The van der Waals surface area contributed by atoms with Gasteiger partial charge in [-0.25, -0.2) is 0 Å². The van der Waals surface area contributed by atoms with E-state index in [1.807, 2.05) is 49.4 Å². The van der Waals surface area contributed by atoms with E-state index in [-0.39, 0.29) is 11.8 Å². The fourth-order valence-electron chi connectivity index (χ4n) is 5.85. The van der Waals surface area contributed by atoms with E-state index >= 15 is 0 Å². The molecule has 1 aliphatic carbocycles. The Morgan fingerprint density at radius 2 is 1.84 bits per heavy atom. The molecule has 3 aliphatic rings. The van der Waals surface area contributed by atoms with E-state index < -0.39 is 0 Å². The number of likely N-dealkylation sites (N-methyl/N-ethyl adjacent to an activating group) is 1. The first-order chi connectivity index (χ1) is 18.5. The van der Waals surface area contributed by atoms with E-state index in [0.29, 0.717) is 17.0 Å². The maximum atomic E-state index is 13.1. The van der Waals surface area contributed by atoms with Gasteiger partial charge in [-0.1, -0.05) is 60.9 Å². The zero-order valence-electron chi connectivity index (χ0n) is 22.7. The summed E-state index contributed by atoms with van der Waals surface area (Å²) in [7, 11) is 1.78. The average Bonchev–Trinajstić information content (AvgIpc) is 2.94. The highest BCUT2D eigenvalue weighted by atomic mass is 32.2.